The number of hydrogen-bond acceptors (Lipinski definition) is 1. The van der Waals surface area contributed by atoms with Crippen LogP contribution in [0.25, 0.3) is 0 Å². The van der Waals surface area contributed by atoms with E-state index in [1.807, 2.05) is 12.1 Å². The minimum Gasteiger partial charge on any atom is -0.508 e. The number of phenols is 1. The van der Waals surface area contributed by atoms with E-state index in [1.54, 1.807) is 0 Å². The third-order valence-corrected chi connectivity index (χ3v) is 6.92. The molecular formula is C23H36O. The van der Waals surface area contributed by atoms with Gasteiger partial charge in [-0.25, -0.2) is 0 Å². The van der Waals surface area contributed by atoms with E-state index in [1.165, 1.54) is 82.6 Å². The molecule has 1 nitrogen and oxygen atoms in total. The molecular weight excluding hydrogens is 292 g/mol. The molecule has 1 aromatic carbocycles. The van der Waals surface area contributed by atoms with E-state index in [0.29, 0.717) is 5.75 Å². The summed E-state index contributed by atoms with van der Waals surface area (Å²) in [4.78, 5) is 0. The van der Waals surface area contributed by atoms with Crippen LogP contribution in [0.2, 0.25) is 0 Å². The molecule has 1 N–H and O–H groups in total. The number of aryl methyl sites for hydroxylation is 1. The van der Waals surface area contributed by atoms with Gasteiger partial charge in [-0.05, 0) is 79.9 Å². The van der Waals surface area contributed by atoms with E-state index < -0.39 is 0 Å². The Kier molecular flexibility index (Phi) is 6.63. The molecule has 2 aliphatic carbocycles. The molecule has 0 bridgehead atoms. The van der Waals surface area contributed by atoms with Gasteiger partial charge in [-0.1, -0.05) is 57.6 Å². The van der Waals surface area contributed by atoms with Gasteiger partial charge in [0.25, 0.3) is 0 Å². The van der Waals surface area contributed by atoms with Crippen molar-refractivity contribution in [3.63, 3.8) is 0 Å². The fourth-order valence-corrected chi connectivity index (χ4v) is 5.34. The molecule has 0 heterocycles. The maximum Gasteiger partial charge on any atom is 0.115 e. The number of rotatable bonds is 6. The molecule has 1 aromatic rings. The Balaban J connectivity index is 1.36. The Morgan fingerprint density at radius 1 is 0.750 bits per heavy atom. The summed E-state index contributed by atoms with van der Waals surface area (Å²) in [7, 11) is 0. The first-order chi connectivity index (χ1) is 11.7. The summed E-state index contributed by atoms with van der Waals surface area (Å²) in [6.07, 6.45) is 17.3. The number of benzene rings is 1. The lowest BCUT2D eigenvalue weighted by Crippen LogP contribution is -2.26. The van der Waals surface area contributed by atoms with Crippen molar-refractivity contribution < 1.29 is 5.11 Å². The fraction of sp³-hybridized carbons (Fsp3) is 0.739. The van der Waals surface area contributed by atoms with Gasteiger partial charge in [0, 0.05) is 0 Å². The summed E-state index contributed by atoms with van der Waals surface area (Å²) in [5.74, 6) is 4.46. The second-order valence-corrected chi connectivity index (χ2v) is 8.56. The summed E-state index contributed by atoms with van der Waals surface area (Å²) in [6, 6.07) is 7.80. The van der Waals surface area contributed by atoms with Crippen molar-refractivity contribution in [2.75, 3.05) is 0 Å². The molecule has 0 spiro atoms. The van der Waals surface area contributed by atoms with Crippen molar-refractivity contribution in [2.24, 2.45) is 23.7 Å². The Hall–Kier alpha value is -0.980. The van der Waals surface area contributed by atoms with Crippen molar-refractivity contribution in [1.82, 2.24) is 0 Å². The zero-order chi connectivity index (χ0) is 16.8. The number of aromatic hydroxyl groups is 1. The second-order valence-electron chi connectivity index (χ2n) is 8.56. The van der Waals surface area contributed by atoms with Gasteiger partial charge >= 0.3 is 0 Å². The zero-order valence-electron chi connectivity index (χ0n) is 15.6. The summed E-state index contributed by atoms with van der Waals surface area (Å²) < 4.78 is 0. The third kappa shape index (κ3) is 5.01. The van der Waals surface area contributed by atoms with E-state index >= 15 is 0 Å². The third-order valence-electron chi connectivity index (χ3n) is 6.92. The first-order valence-electron chi connectivity index (χ1n) is 10.5. The minimum absolute atomic E-state index is 0.382. The number of phenolic OH excluding ortho intramolecular Hbond substituents is 1. The van der Waals surface area contributed by atoms with Gasteiger partial charge in [-0.15, -0.1) is 0 Å². The molecule has 0 atom stereocenters. The molecule has 0 radical (unpaired) electrons. The first kappa shape index (κ1) is 17.8. The Bertz CT molecular complexity index is 461. The molecule has 24 heavy (non-hydrogen) atoms. The molecule has 0 aliphatic heterocycles. The van der Waals surface area contributed by atoms with Crippen LogP contribution in [0.5, 0.6) is 5.75 Å². The molecule has 2 saturated carbocycles. The normalized spacial score (nSPS) is 31.0. The molecule has 2 fully saturated rings. The van der Waals surface area contributed by atoms with E-state index in [2.05, 4.69) is 19.1 Å². The highest BCUT2D eigenvalue weighted by molar-refractivity contribution is 5.25. The highest BCUT2D eigenvalue weighted by atomic mass is 16.3. The highest BCUT2D eigenvalue weighted by Crippen LogP contribution is 2.42. The van der Waals surface area contributed by atoms with Crippen LogP contribution in [0.4, 0.5) is 0 Å². The lowest BCUT2D eigenvalue weighted by molar-refractivity contribution is 0.141. The van der Waals surface area contributed by atoms with Crippen LogP contribution in [0.3, 0.4) is 0 Å². The predicted molar refractivity (Wildman–Crippen MR) is 102 cm³/mol. The molecule has 134 valence electrons. The van der Waals surface area contributed by atoms with Gasteiger partial charge in [0.05, 0.1) is 0 Å². The van der Waals surface area contributed by atoms with Crippen LogP contribution in [0.1, 0.15) is 83.1 Å². The maximum absolute atomic E-state index is 9.37. The lowest BCUT2D eigenvalue weighted by Gasteiger charge is -2.38. The van der Waals surface area contributed by atoms with E-state index in [9.17, 15) is 5.11 Å². The van der Waals surface area contributed by atoms with Crippen molar-refractivity contribution in [3.8, 4) is 5.75 Å². The molecule has 0 amide bonds. The number of hydrogen-bond donors (Lipinski definition) is 1. The predicted octanol–water partition coefficient (Wildman–Crippen LogP) is 6.74. The topological polar surface area (TPSA) is 20.2 Å². The molecule has 0 saturated heterocycles. The summed E-state index contributed by atoms with van der Waals surface area (Å²) in [5.41, 5.74) is 1.38. The molecule has 1 heteroatoms. The van der Waals surface area contributed by atoms with Gasteiger partial charge in [0.1, 0.15) is 5.75 Å². The largest absolute Gasteiger partial charge is 0.508 e. The summed E-state index contributed by atoms with van der Waals surface area (Å²) in [6.45, 7) is 2.34. The van der Waals surface area contributed by atoms with Crippen molar-refractivity contribution in [1.29, 1.82) is 0 Å². The summed E-state index contributed by atoms with van der Waals surface area (Å²) in [5, 5.41) is 9.37. The Morgan fingerprint density at radius 3 is 1.75 bits per heavy atom. The Morgan fingerprint density at radius 2 is 1.25 bits per heavy atom. The van der Waals surface area contributed by atoms with Crippen LogP contribution in [0, 0.1) is 23.7 Å². The quantitative estimate of drug-likeness (QED) is 0.613. The van der Waals surface area contributed by atoms with Gasteiger partial charge in [0.2, 0.25) is 0 Å². The van der Waals surface area contributed by atoms with Crippen LogP contribution in [-0.4, -0.2) is 5.11 Å². The monoisotopic (exact) mass is 328 g/mol. The molecule has 2 aliphatic rings. The second kappa shape index (κ2) is 8.92. The van der Waals surface area contributed by atoms with Crippen molar-refractivity contribution in [3.05, 3.63) is 29.8 Å². The fourth-order valence-electron chi connectivity index (χ4n) is 5.34. The zero-order valence-corrected chi connectivity index (χ0v) is 15.6. The van der Waals surface area contributed by atoms with E-state index in [-0.39, 0.29) is 0 Å². The average molecular weight is 329 g/mol. The van der Waals surface area contributed by atoms with Gasteiger partial charge < -0.3 is 5.11 Å². The van der Waals surface area contributed by atoms with Crippen LogP contribution in [-0.2, 0) is 6.42 Å². The molecule has 3 rings (SSSR count). The maximum atomic E-state index is 9.37. The molecule has 0 aromatic heterocycles. The van der Waals surface area contributed by atoms with Crippen molar-refractivity contribution >= 4 is 0 Å². The SMILES string of the molecule is CCC[C@H]1CC[C@H]([C@H]2CC[C@H](CCc3ccc(O)cc3)CC2)CC1. The highest BCUT2D eigenvalue weighted by Gasteiger charge is 2.30. The summed E-state index contributed by atoms with van der Waals surface area (Å²) >= 11 is 0. The van der Waals surface area contributed by atoms with Crippen molar-refractivity contribution in [2.45, 2.75) is 84.0 Å². The van der Waals surface area contributed by atoms with Gasteiger partial charge in [-0.2, -0.15) is 0 Å². The van der Waals surface area contributed by atoms with Crippen LogP contribution >= 0.6 is 0 Å². The standard InChI is InChI=1S/C23H36O/c1-2-3-18-6-12-21(13-7-18)22-14-8-19(9-15-22)4-5-20-10-16-23(24)17-11-20/h10-11,16-19,21-22,24H,2-9,12-15H2,1H3/t18-,19-,21-,22-. The minimum atomic E-state index is 0.382. The average Bonchev–Trinajstić information content (AvgIpc) is 2.63. The lowest BCUT2D eigenvalue weighted by atomic mass is 9.68. The Labute approximate surface area is 148 Å². The van der Waals surface area contributed by atoms with Crippen LogP contribution < -0.4 is 0 Å². The first-order valence-corrected chi connectivity index (χ1v) is 10.5. The van der Waals surface area contributed by atoms with E-state index in [0.717, 1.165) is 23.7 Å². The molecule has 0 unspecified atom stereocenters. The van der Waals surface area contributed by atoms with E-state index in [4.69, 9.17) is 0 Å². The van der Waals surface area contributed by atoms with Gasteiger partial charge in [0.15, 0.2) is 0 Å². The van der Waals surface area contributed by atoms with Crippen LogP contribution in [0.15, 0.2) is 24.3 Å². The smallest absolute Gasteiger partial charge is 0.115 e. The van der Waals surface area contributed by atoms with Gasteiger partial charge in [-0.3, -0.25) is 0 Å².